The average Bonchev–Trinajstić information content (AvgIpc) is 2.25. The van der Waals surface area contributed by atoms with Crippen LogP contribution in [0.4, 0.5) is 4.39 Å². The molecule has 0 aliphatic heterocycles. The molecule has 0 saturated heterocycles. The average molecular weight is 259 g/mol. The topological polar surface area (TPSA) is 69.4 Å². The maximum atomic E-state index is 13.5. The molecule has 0 aliphatic carbocycles. The molecule has 0 bridgehead atoms. The molecule has 0 atom stereocenters. The normalized spacial score (nSPS) is 11.2. The van der Waals surface area contributed by atoms with Gasteiger partial charge in [-0.1, -0.05) is 13.5 Å². The molecule has 0 aromatic heterocycles. The van der Waals surface area contributed by atoms with E-state index < -0.39 is 15.8 Å². The number of sulfonamides is 1. The summed E-state index contributed by atoms with van der Waals surface area (Å²) in [6.45, 7) is 5.82. The number of hydrogen-bond acceptors (Lipinski definition) is 3. The van der Waals surface area contributed by atoms with Gasteiger partial charge in [-0.2, -0.15) is 0 Å². The van der Waals surface area contributed by atoms with Crippen LogP contribution < -0.4 is 9.88 Å². The highest BCUT2D eigenvalue weighted by Gasteiger charge is 2.12. The summed E-state index contributed by atoms with van der Waals surface area (Å²) in [4.78, 5) is -0.281. The molecule has 2 N–H and O–H groups in total. The molecule has 1 rings (SSSR count). The SMILES string of the molecule is C=C(CC)COc1ccc(S(N)(=O)=O)cc1F. The van der Waals surface area contributed by atoms with Crippen molar-refractivity contribution in [3.05, 3.63) is 36.2 Å². The molecular weight excluding hydrogens is 245 g/mol. The van der Waals surface area contributed by atoms with E-state index in [0.29, 0.717) is 0 Å². The van der Waals surface area contributed by atoms with E-state index in [1.54, 1.807) is 0 Å². The summed E-state index contributed by atoms with van der Waals surface area (Å²) >= 11 is 0. The number of benzene rings is 1. The number of primary sulfonamides is 1. The largest absolute Gasteiger partial charge is 0.486 e. The standard InChI is InChI=1S/C11H14FNO3S/c1-3-8(2)7-16-11-5-4-9(6-10(11)12)17(13,14)15/h4-6H,2-3,7H2,1H3,(H2,13,14,15). The second kappa shape index (κ2) is 5.29. The first kappa shape index (κ1) is 13.7. The fourth-order valence-corrected chi connectivity index (χ4v) is 1.58. The summed E-state index contributed by atoms with van der Waals surface area (Å²) in [5.74, 6) is -0.785. The predicted octanol–water partition coefficient (Wildman–Crippen LogP) is 1.82. The summed E-state index contributed by atoms with van der Waals surface area (Å²) in [5.41, 5.74) is 0.819. The van der Waals surface area contributed by atoms with Crippen LogP contribution in [-0.4, -0.2) is 15.0 Å². The molecule has 17 heavy (non-hydrogen) atoms. The molecule has 1 aromatic rings. The van der Waals surface area contributed by atoms with E-state index in [4.69, 9.17) is 9.88 Å². The number of hydrogen-bond donors (Lipinski definition) is 1. The van der Waals surface area contributed by atoms with E-state index >= 15 is 0 Å². The van der Waals surface area contributed by atoms with Gasteiger partial charge in [0.25, 0.3) is 0 Å². The quantitative estimate of drug-likeness (QED) is 0.820. The van der Waals surface area contributed by atoms with Crippen molar-refractivity contribution >= 4 is 10.0 Å². The van der Waals surface area contributed by atoms with Crippen LogP contribution in [0.15, 0.2) is 35.2 Å². The highest BCUT2D eigenvalue weighted by atomic mass is 32.2. The van der Waals surface area contributed by atoms with Gasteiger partial charge in [-0.3, -0.25) is 0 Å². The van der Waals surface area contributed by atoms with E-state index in [9.17, 15) is 12.8 Å². The highest BCUT2D eigenvalue weighted by molar-refractivity contribution is 7.89. The fourth-order valence-electron chi connectivity index (χ4n) is 1.06. The minimum absolute atomic E-state index is 0.0213. The van der Waals surface area contributed by atoms with E-state index in [1.165, 1.54) is 12.1 Å². The summed E-state index contributed by atoms with van der Waals surface area (Å²) in [6, 6.07) is 3.26. The second-order valence-electron chi connectivity index (χ2n) is 3.53. The van der Waals surface area contributed by atoms with E-state index in [0.717, 1.165) is 18.1 Å². The van der Waals surface area contributed by atoms with Gasteiger partial charge in [0.15, 0.2) is 11.6 Å². The molecule has 0 saturated carbocycles. The number of nitrogens with two attached hydrogens (primary N) is 1. The van der Waals surface area contributed by atoms with Crippen LogP contribution in [0, 0.1) is 5.82 Å². The summed E-state index contributed by atoms with van der Waals surface area (Å²) in [6.07, 6.45) is 0.733. The van der Waals surface area contributed by atoms with Gasteiger partial charge in [0, 0.05) is 0 Å². The van der Waals surface area contributed by atoms with Crippen LogP contribution in [-0.2, 0) is 10.0 Å². The van der Waals surface area contributed by atoms with Crippen LogP contribution in [0.25, 0.3) is 0 Å². The lowest BCUT2D eigenvalue weighted by Crippen LogP contribution is -2.12. The molecule has 0 spiro atoms. The van der Waals surface area contributed by atoms with Gasteiger partial charge in [-0.15, -0.1) is 0 Å². The van der Waals surface area contributed by atoms with Crippen LogP contribution in [0.1, 0.15) is 13.3 Å². The Labute approximate surface area is 99.9 Å². The maximum Gasteiger partial charge on any atom is 0.238 e. The van der Waals surface area contributed by atoms with Crippen molar-refractivity contribution < 1.29 is 17.5 Å². The van der Waals surface area contributed by atoms with Crippen molar-refractivity contribution in [2.24, 2.45) is 5.14 Å². The van der Waals surface area contributed by atoms with E-state index in [1.807, 2.05) is 6.92 Å². The Morgan fingerprint density at radius 1 is 1.53 bits per heavy atom. The first-order valence-corrected chi connectivity index (χ1v) is 6.51. The summed E-state index contributed by atoms with van der Waals surface area (Å²) in [7, 11) is -3.89. The predicted molar refractivity (Wildman–Crippen MR) is 62.7 cm³/mol. The van der Waals surface area contributed by atoms with Crippen molar-refractivity contribution in [2.45, 2.75) is 18.2 Å². The van der Waals surface area contributed by atoms with Crippen molar-refractivity contribution in [3.63, 3.8) is 0 Å². The van der Waals surface area contributed by atoms with Gasteiger partial charge in [0.1, 0.15) is 6.61 Å². The Bertz CT molecular complexity index is 526. The smallest absolute Gasteiger partial charge is 0.238 e. The molecular formula is C11H14FNO3S. The van der Waals surface area contributed by atoms with Crippen LogP contribution >= 0.6 is 0 Å². The molecule has 0 unspecified atom stereocenters. The molecule has 0 heterocycles. The lowest BCUT2D eigenvalue weighted by molar-refractivity contribution is 0.329. The minimum Gasteiger partial charge on any atom is -0.486 e. The van der Waals surface area contributed by atoms with Gasteiger partial charge in [0.2, 0.25) is 10.0 Å². The van der Waals surface area contributed by atoms with Gasteiger partial charge in [0.05, 0.1) is 4.90 Å². The first-order valence-electron chi connectivity index (χ1n) is 4.96. The monoisotopic (exact) mass is 259 g/mol. The van der Waals surface area contributed by atoms with Crippen LogP contribution in [0.3, 0.4) is 0 Å². The molecule has 0 amide bonds. The van der Waals surface area contributed by atoms with Crippen molar-refractivity contribution in [1.29, 1.82) is 0 Å². The molecule has 1 aromatic carbocycles. The zero-order chi connectivity index (χ0) is 13.1. The number of rotatable bonds is 5. The molecule has 94 valence electrons. The lowest BCUT2D eigenvalue weighted by atomic mass is 10.2. The van der Waals surface area contributed by atoms with Crippen LogP contribution in [0.2, 0.25) is 0 Å². The molecule has 6 heteroatoms. The Balaban J connectivity index is 2.88. The Hall–Kier alpha value is -1.40. The zero-order valence-corrected chi connectivity index (χ0v) is 10.3. The van der Waals surface area contributed by atoms with Gasteiger partial charge in [-0.25, -0.2) is 17.9 Å². The van der Waals surface area contributed by atoms with Crippen molar-refractivity contribution in [1.82, 2.24) is 0 Å². The number of halogens is 1. The third kappa shape index (κ3) is 3.83. The van der Waals surface area contributed by atoms with Crippen LogP contribution in [0.5, 0.6) is 5.75 Å². The third-order valence-corrected chi connectivity index (χ3v) is 3.07. The lowest BCUT2D eigenvalue weighted by Gasteiger charge is -2.08. The van der Waals surface area contributed by atoms with Gasteiger partial charge >= 0.3 is 0 Å². The zero-order valence-electron chi connectivity index (χ0n) is 9.44. The molecule has 0 radical (unpaired) electrons. The van der Waals surface area contributed by atoms with Gasteiger partial charge < -0.3 is 4.74 Å². The third-order valence-electron chi connectivity index (χ3n) is 2.16. The van der Waals surface area contributed by atoms with Gasteiger partial charge in [-0.05, 0) is 30.2 Å². The summed E-state index contributed by atoms with van der Waals surface area (Å²) < 4.78 is 40.5. The second-order valence-corrected chi connectivity index (χ2v) is 5.09. The van der Waals surface area contributed by atoms with Crippen molar-refractivity contribution in [3.8, 4) is 5.75 Å². The van der Waals surface area contributed by atoms with E-state index in [-0.39, 0.29) is 17.3 Å². The maximum absolute atomic E-state index is 13.5. The fraction of sp³-hybridized carbons (Fsp3) is 0.273. The minimum atomic E-state index is -3.89. The highest BCUT2D eigenvalue weighted by Crippen LogP contribution is 2.20. The molecule has 0 fully saturated rings. The summed E-state index contributed by atoms with van der Waals surface area (Å²) in [5, 5.41) is 4.87. The Morgan fingerprint density at radius 2 is 2.18 bits per heavy atom. The first-order chi connectivity index (χ1) is 7.84. The van der Waals surface area contributed by atoms with Crippen molar-refractivity contribution in [2.75, 3.05) is 6.61 Å². The number of ether oxygens (including phenoxy) is 1. The van der Waals surface area contributed by atoms with E-state index in [2.05, 4.69) is 6.58 Å². The Kier molecular flexibility index (Phi) is 4.25. The Morgan fingerprint density at radius 3 is 2.65 bits per heavy atom. The molecule has 4 nitrogen and oxygen atoms in total. The molecule has 0 aliphatic rings.